The first-order valence-corrected chi connectivity index (χ1v) is 5.28. The van der Waals surface area contributed by atoms with Gasteiger partial charge in [0.15, 0.2) is 0 Å². The van der Waals surface area contributed by atoms with E-state index in [1.165, 1.54) is 18.2 Å². The van der Waals surface area contributed by atoms with E-state index >= 15 is 0 Å². The summed E-state index contributed by atoms with van der Waals surface area (Å²) >= 11 is 0. The van der Waals surface area contributed by atoms with E-state index in [2.05, 4.69) is 10.2 Å². The molecule has 1 aromatic carbocycles. The molecule has 0 bridgehead atoms. The zero-order valence-corrected chi connectivity index (χ0v) is 9.42. The Kier molecular flexibility index (Phi) is 4.77. The van der Waals surface area contributed by atoms with Crippen LogP contribution in [0.25, 0.3) is 0 Å². The monoisotopic (exact) mass is 248 g/mol. The Labute approximate surface area is 97.7 Å². The lowest BCUT2D eigenvalue weighted by molar-refractivity contribution is -0.274. The van der Waals surface area contributed by atoms with Crippen LogP contribution in [0.15, 0.2) is 24.3 Å². The van der Waals surface area contributed by atoms with E-state index in [-0.39, 0.29) is 11.8 Å². The molecule has 1 aromatic rings. The van der Waals surface area contributed by atoms with Crippen LogP contribution < -0.4 is 16.0 Å². The Hall–Kier alpha value is -1.27. The molecule has 0 fully saturated rings. The summed E-state index contributed by atoms with van der Waals surface area (Å²) in [7, 11) is 0. The van der Waals surface area contributed by atoms with Gasteiger partial charge in [0.25, 0.3) is 0 Å². The lowest BCUT2D eigenvalue weighted by Gasteiger charge is -2.16. The van der Waals surface area contributed by atoms with Crippen molar-refractivity contribution in [2.75, 3.05) is 0 Å². The maximum Gasteiger partial charge on any atom is 0.573 e. The van der Waals surface area contributed by atoms with Crippen LogP contribution in [0, 0.1) is 0 Å². The Morgan fingerprint density at radius 2 is 2.12 bits per heavy atom. The number of nitrogens with two attached hydrogens (primary N) is 1. The van der Waals surface area contributed by atoms with E-state index in [4.69, 9.17) is 5.84 Å². The molecule has 0 saturated carbocycles. The first kappa shape index (κ1) is 13.8. The number of hydrogen-bond donors (Lipinski definition) is 2. The summed E-state index contributed by atoms with van der Waals surface area (Å²) < 4.78 is 40.0. The Morgan fingerprint density at radius 1 is 1.41 bits per heavy atom. The molecule has 3 nitrogen and oxygen atoms in total. The number of hydrazine groups is 1. The van der Waals surface area contributed by atoms with Crippen molar-refractivity contribution in [2.24, 2.45) is 5.84 Å². The number of alkyl halides is 3. The van der Waals surface area contributed by atoms with Gasteiger partial charge in [-0.1, -0.05) is 25.5 Å². The van der Waals surface area contributed by atoms with E-state index in [1.807, 2.05) is 6.92 Å². The summed E-state index contributed by atoms with van der Waals surface area (Å²) in [5.41, 5.74) is 3.25. The van der Waals surface area contributed by atoms with Crippen molar-refractivity contribution in [3.05, 3.63) is 29.8 Å². The first-order valence-electron chi connectivity index (χ1n) is 5.28. The lowest BCUT2D eigenvalue weighted by atomic mass is 10.0. The van der Waals surface area contributed by atoms with Crippen LogP contribution >= 0.6 is 0 Å². The highest BCUT2D eigenvalue weighted by Gasteiger charge is 2.31. The lowest BCUT2D eigenvalue weighted by Crippen LogP contribution is -2.28. The van der Waals surface area contributed by atoms with Crippen molar-refractivity contribution >= 4 is 0 Å². The van der Waals surface area contributed by atoms with E-state index in [0.717, 1.165) is 12.8 Å². The molecule has 0 radical (unpaired) electrons. The summed E-state index contributed by atoms with van der Waals surface area (Å²) in [6, 6.07) is 5.65. The zero-order chi connectivity index (χ0) is 12.9. The molecule has 17 heavy (non-hydrogen) atoms. The van der Waals surface area contributed by atoms with Gasteiger partial charge in [0.2, 0.25) is 0 Å². The smallest absolute Gasteiger partial charge is 0.406 e. The van der Waals surface area contributed by atoms with E-state index in [9.17, 15) is 13.2 Å². The van der Waals surface area contributed by atoms with Gasteiger partial charge in [-0.15, -0.1) is 13.2 Å². The number of ether oxygens (including phenoxy) is 1. The van der Waals surface area contributed by atoms with Gasteiger partial charge in [0.1, 0.15) is 5.75 Å². The average molecular weight is 248 g/mol. The molecule has 0 amide bonds. The zero-order valence-electron chi connectivity index (χ0n) is 9.42. The van der Waals surface area contributed by atoms with Crippen LogP contribution in [0.4, 0.5) is 13.2 Å². The third-order valence-electron chi connectivity index (χ3n) is 2.27. The van der Waals surface area contributed by atoms with Crippen LogP contribution in [0.2, 0.25) is 0 Å². The van der Waals surface area contributed by atoms with Gasteiger partial charge in [-0.2, -0.15) is 0 Å². The highest BCUT2D eigenvalue weighted by atomic mass is 19.4. The molecule has 0 spiro atoms. The van der Waals surface area contributed by atoms with Crippen LogP contribution in [-0.4, -0.2) is 6.36 Å². The van der Waals surface area contributed by atoms with Gasteiger partial charge in [0, 0.05) is 6.04 Å². The van der Waals surface area contributed by atoms with Gasteiger partial charge in [0.05, 0.1) is 0 Å². The fourth-order valence-corrected chi connectivity index (χ4v) is 1.56. The standard InChI is InChI=1S/C11H15F3N2O/c1-2-4-10(16-15)8-5-3-6-9(7-8)17-11(12,13)14/h3,5-7,10,16H,2,4,15H2,1H3. The molecule has 6 heteroatoms. The highest BCUT2D eigenvalue weighted by Crippen LogP contribution is 2.26. The largest absolute Gasteiger partial charge is 0.573 e. The third-order valence-corrected chi connectivity index (χ3v) is 2.27. The molecule has 0 aliphatic heterocycles. The van der Waals surface area contributed by atoms with Crippen LogP contribution in [-0.2, 0) is 0 Å². The summed E-state index contributed by atoms with van der Waals surface area (Å²) in [4.78, 5) is 0. The second-order valence-corrected chi connectivity index (χ2v) is 3.63. The minimum Gasteiger partial charge on any atom is -0.406 e. The molecule has 1 unspecified atom stereocenters. The number of rotatable bonds is 5. The van der Waals surface area contributed by atoms with E-state index < -0.39 is 6.36 Å². The number of halogens is 3. The maximum absolute atomic E-state index is 12.0. The van der Waals surface area contributed by atoms with Crippen molar-refractivity contribution in [3.8, 4) is 5.75 Å². The van der Waals surface area contributed by atoms with E-state index in [1.54, 1.807) is 6.07 Å². The van der Waals surface area contributed by atoms with Gasteiger partial charge in [-0.3, -0.25) is 11.3 Å². The van der Waals surface area contributed by atoms with Crippen molar-refractivity contribution < 1.29 is 17.9 Å². The Bertz CT molecular complexity index is 355. The third kappa shape index (κ3) is 4.62. The second-order valence-electron chi connectivity index (χ2n) is 3.63. The van der Waals surface area contributed by atoms with Crippen LogP contribution in [0.3, 0.4) is 0 Å². The summed E-state index contributed by atoms with van der Waals surface area (Å²) in [6.07, 6.45) is -3.06. The Balaban J connectivity index is 2.84. The maximum atomic E-state index is 12.0. The van der Waals surface area contributed by atoms with Crippen molar-refractivity contribution in [1.82, 2.24) is 5.43 Å². The fourth-order valence-electron chi connectivity index (χ4n) is 1.56. The molecule has 1 atom stereocenters. The van der Waals surface area contributed by atoms with Gasteiger partial charge in [-0.25, -0.2) is 0 Å². The first-order chi connectivity index (χ1) is 7.96. The van der Waals surface area contributed by atoms with Crippen molar-refractivity contribution in [1.29, 1.82) is 0 Å². The minimum atomic E-state index is -4.67. The van der Waals surface area contributed by atoms with Crippen LogP contribution in [0.5, 0.6) is 5.75 Å². The predicted molar refractivity (Wildman–Crippen MR) is 58.1 cm³/mol. The topological polar surface area (TPSA) is 47.3 Å². The molecular formula is C11H15F3N2O. The minimum absolute atomic E-state index is 0.170. The quantitative estimate of drug-likeness (QED) is 0.622. The molecule has 0 saturated heterocycles. The van der Waals surface area contributed by atoms with Gasteiger partial charge < -0.3 is 4.74 Å². The predicted octanol–water partition coefficient (Wildman–Crippen LogP) is 2.89. The number of benzene rings is 1. The van der Waals surface area contributed by atoms with Crippen LogP contribution in [0.1, 0.15) is 31.4 Å². The number of hydrogen-bond acceptors (Lipinski definition) is 3. The molecule has 0 aliphatic carbocycles. The van der Waals surface area contributed by atoms with Gasteiger partial charge in [-0.05, 0) is 24.1 Å². The summed E-state index contributed by atoms with van der Waals surface area (Å²) in [5.74, 6) is 5.12. The van der Waals surface area contributed by atoms with Crippen molar-refractivity contribution in [2.45, 2.75) is 32.2 Å². The molecule has 0 aliphatic rings. The number of nitrogens with one attached hydrogen (secondary N) is 1. The van der Waals surface area contributed by atoms with Crippen molar-refractivity contribution in [3.63, 3.8) is 0 Å². The molecular weight excluding hydrogens is 233 g/mol. The molecule has 0 heterocycles. The molecule has 1 rings (SSSR count). The van der Waals surface area contributed by atoms with Gasteiger partial charge >= 0.3 is 6.36 Å². The summed E-state index contributed by atoms with van der Waals surface area (Å²) in [6.45, 7) is 1.97. The molecule has 96 valence electrons. The SMILES string of the molecule is CCCC(NN)c1cccc(OC(F)(F)F)c1. The average Bonchev–Trinajstić information content (AvgIpc) is 2.24. The van der Waals surface area contributed by atoms with E-state index in [0.29, 0.717) is 5.56 Å². The Morgan fingerprint density at radius 3 is 2.65 bits per heavy atom. The highest BCUT2D eigenvalue weighted by molar-refractivity contribution is 5.30. The fraction of sp³-hybridized carbons (Fsp3) is 0.455. The molecule has 0 aromatic heterocycles. The second kappa shape index (κ2) is 5.88. The summed E-state index contributed by atoms with van der Waals surface area (Å²) in [5, 5.41) is 0. The normalized spacial score (nSPS) is 13.5. The molecule has 3 N–H and O–H groups in total.